The molecule has 0 radical (unpaired) electrons. The Morgan fingerprint density at radius 3 is 2.67 bits per heavy atom. The molecule has 3 fully saturated rings. The Hall–Kier alpha value is -1.33. The molecule has 0 amide bonds. The summed E-state index contributed by atoms with van der Waals surface area (Å²) in [5.41, 5.74) is -3.78. The second-order valence-corrected chi connectivity index (χ2v) is 9.62. The van der Waals surface area contributed by atoms with Gasteiger partial charge in [-0.05, 0) is 68.9 Å². The van der Waals surface area contributed by atoms with Crippen molar-refractivity contribution in [2.24, 2.45) is 28.6 Å². The third-order valence-corrected chi connectivity index (χ3v) is 8.81. The Morgan fingerprint density at radius 1 is 1.30 bits per heavy atom. The molecule has 0 unspecified atom stereocenters. The Bertz CT molecular complexity index is 772. The van der Waals surface area contributed by atoms with Crippen LogP contribution >= 0.6 is 0 Å². The standard InChI is InChI=1S/C22H29FO4/c1-13-10-17-16-5-4-14-11-15(25)6-7-19(14,2)21(16,23)9-8-20(17,3)22(13,27)18(26)12-24/h6-7,11,13,16-17,24,27H,4-5,8-10,12H2,1-3H3/t13-,16+,17+,19+,20+,21-,22+/m1/s1. The van der Waals surface area contributed by atoms with Crippen LogP contribution < -0.4 is 0 Å². The minimum Gasteiger partial charge on any atom is -0.388 e. The number of allylic oxidation sites excluding steroid dienone is 4. The number of aliphatic hydroxyl groups is 2. The maximum Gasteiger partial charge on any atom is 0.190 e. The average molecular weight is 376 g/mol. The lowest BCUT2D eigenvalue weighted by Crippen LogP contribution is -2.64. The highest BCUT2D eigenvalue weighted by molar-refractivity contribution is 6.01. The number of halogens is 1. The summed E-state index contributed by atoms with van der Waals surface area (Å²) >= 11 is 0. The highest BCUT2D eigenvalue weighted by atomic mass is 19.1. The molecule has 0 aromatic heterocycles. The van der Waals surface area contributed by atoms with Crippen molar-refractivity contribution in [2.45, 2.75) is 64.1 Å². The molecule has 0 aromatic carbocycles. The van der Waals surface area contributed by atoms with Crippen LogP contribution in [0.5, 0.6) is 0 Å². The Morgan fingerprint density at radius 2 is 2.00 bits per heavy atom. The predicted octanol–water partition coefficient (Wildman–Crippen LogP) is 2.92. The summed E-state index contributed by atoms with van der Waals surface area (Å²) in [6.07, 6.45) is 7.30. The summed E-state index contributed by atoms with van der Waals surface area (Å²) < 4.78 is 16.7. The Balaban J connectivity index is 1.78. The van der Waals surface area contributed by atoms with E-state index in [-0.39, 0.29) is 30.0 Å². The van der Waals surface area contributed by atoms with Gasteiger partial charge in [0.05, 0.1) is 0 Å². The third kappa shape index (κ3) is 2.05. The second-order valence-electron chi connectivity index (χ2n) is 9.62. The van der Waals surface area contributed by atoms with Crippen LogP contribution in [-0.2, 0) is 9.59 Å². The molecule has 0 spiro atoms. The molecule has 148 valence electrons. The van der Waals surface area contributed by atoms with Gasteiger partial charge in [0.15, 0.2) is 11.6 Å². The Kier molecular flexibility index (Phi) is 3.94. The molecule has 0 bridgehead atoms. The molecule has 4 aliphatic rings. The SMILES string of the molecule is C[C@@H]1C[C@H]2[C@@H]3CCC4=CC(=O)C=C[C@]4(C)[C@@]3(F)CC[C@]2(C)[C@@]1(O)C(=O)CO. The second kappa shape index (κ2) is 5.60. The topological polar surface area (TPSA) is 74.6 Å². The smallest absolute Gasteiger partial charge is 0.190 e. The van der Waals surface area contributed by atoms with Gasteiger partial charge in [0.1, 0.15) is 17.9 Å². The number of aliphatic hydroxyl groups excluding tert-OH is 1. The van der Waals surface area contributed by atoms with E-state index in [0.29, 0.717) is 25.7 Å². The van der Waals surface area contributed by atoms with Gasteiger partial charge in [-0.25, -0.2) is 4.39 Å². The number of alkyl halides is 1. The lowest BCUT2D eigenvalue weighted by molar-refractivity contribution is -0.182. The normalized spacial score (nSPS) is 51.3. The predicted molar refractivity (Wildman–Crippen MR) is 98.6 cm³/mol. The molecular formula is C22H29FO4. The van der Waals surface area contributed by atoms with Crippen LogP contribution in [0.1, 0.15) is 52.9 Å². The van der Waals surface area contributed by atoms with E-state index in [0.717, 1.165) is 5.57 Å². The molecule has 7 atom stereocenters. The number of ketones is 2. The summed E-state index contributed by atoms with van der Waals surface area (Å²) in [6, 6.07) is 0. The zero-order valence-electron chi connectivity index (χ0n) is 16.3. The molecule has 0 aliphatic heterocycles. The lowest BCUT2D eigenvalue weighted by atomic mass is 9.45. The van der Waals surface area contributed by atoms with Crippen molar-refractivity contribution in [1.29, 1.82) is 0 Å². The molecule has 4 aliphatic carbocycles. The van der Waals surface area contributed by atoms with E-state index < -0.39 is 34.5 Å². The van der Waals surface area contributed by atoms with Crippen LogP contribution in [0, 0.1) is 28.6 Å². The van der Waals surface area contributed by atoms with Crippen LogP contribution in [0.15, 0.2) is 23.8 Å². The van der Waals surface area contributed by atoms with Gasteiger partial charge in [0, 0.05) is 10.8 Å². The summed E-state index contributed by atoms with van der Waals surface area (Å²) in [6.45, 7) is 4.94. The maximum absolute atomic E-state index is 16.7. The molecule has 4 nitrogen and oxygen atoms in total. The van der Waals surface area contributed by atoms with Crippen molar-refractivity contribution in [2.75, 3.05) is 6.61 Å². The number of rotatable bonds is 2. The molecular weight excluding hydrogens is 347 g/mol. The van der Waals surface area contributed by atoms with E-state index in [2.05, 4.69) is 0 Å². The van der Waals surface area contributed by atoms with E-state index in [1.54, 1.807) is 12.2 Å². The van der Waals surface area contributed by atoms with E-state index >= 15 is 4.39 Å². The van der Waals surface area contributed by atoms with Crippen LogP contribution in [0.3, 0.4) is 0 Å². The number of Topliss-reactive ketones (excluding diaryl/α,β-unsaturated/α-hetero) is 1. The molecule has 3 saturated carbocycles. The molecule has 2 N–H and O–H groups in total. The van der Waals surface area contributed by atoms with Crippen molar-refractivity contribution < 1.29 is 24.2 Å². The Labute approximate surface area is 159 Å². The van der Waals surface area contributed by atoms with Crippen LogP contribution in [0.4, 0.5) is 4.39 Å². The molecule has 0 heterocycles. The van der Waals surface area contributed by atoms with Gasteiger partial charge < -0.3 is 10.2 Å². The van der Waals surface area contributed by atoms with Crippen LogP contribution in [0.25, 0.3) is 0 Å². The summed E-state index contributed by atoms with van der Waals surface area (Å²) in [4.78, 5) is 24.3. The highest BCUT2D eigenvalue weighted by Crippen LogP contribution is 2.70. The van der Waals surface area contributed by atoms with E-state index in [9.17, 15) is 19.8 Å². The fourth-order valence-corrected chi connectivity index (χ4v) is 7.15. The van der Waals surface area contributed by atoms with Crippen LogP contribution in [0.2, 0.25) is 0 Å². The molecule has 5 heteroatoms. The zero-order valence-corrected chi connectivity index (χ0v) is 16.3. The van der Waals surface area contributed by atoms with Crippen molar-refractivity contribution in [3.8, 4) is 0 Å². The van der Waals surface area contributed by atoms with Gasteiger partial charge in [-0.2, -0.15) is 0 Å². The summed E-state index contributed by atoms with van der Waals surface area (Å²) in [5.74, 6) is -1.35. The number of carbonyl (C=O) groups excluding carboxylic acids is 2. The number of hydrogen-bond donors (Lipinski definition) is 2. The first kappa shape index (κ1) is 19.0. The van der Waals surface area contributed by atoms with Gasteiger partial charge in [-0.1, -0.05) is 25.5 Å². The van der Waals surface area contributed by atoms with Crippen molar-refractivity contribution in [3.05, 3.63) is 23.8 Å². The zero-order chi connectivity index (χ0) is 19.8. The molecule has 4 rings (SSSR count). The molecule has 0 saturated heterocycles. The third-order valence-electron chi connectivity index (χ3n) is 8.81. The minimum absolute atomic E-state index is 0.0809. The van der Waals surface area contributed by atoms with Gasteiger partial charge in [0.2, 0.25) is 0 Å². The first-order valence-electron chi connectivity index (χ1n) is 10.0. The quantitative estimate of drug-likeness (QED) is 0.777. The van der Waals surface area contributed by atoms with E-state index in [1.807, 2.05) is 20.8 Å². The van der Waals surface area contributed by atoms with E-state index in [4.69, 9.17) is 0 Å². The fraction of sp³-hybridized carbons (Fsp3) is 0.727. The van der Waals surface area contributed by atoms with Crippen molar-refractivity contribution in [1.82, 2.24) is 0 Å². The number of hydrogen-bond acceptors (Lipinski definition) is 4. The minimum atomic E-state index is -1.61. The lowest BCUT2D eigenvalue weighted by Gasteiger charge is -2.61. The molecule has 27 heavy (non-hydrogen) atoms. The highest BCUT2D eigenvalue weighted by Gasteiger charge is 2.72. The van der Waals surface area contributed by atoms with Crippen molar-refractivity contribution >= 4 is 11.6 Å². The number of carbonyl (C=O) groups is 2. The van der Waals surface area contributed by atoms with Crippen molar-refractivity contribution in [3.63, 3.8) is 0 Å². The summed E-state index contributed by atoms with van der Waals surface area (Å²) in [7, 11) is 0. The fourth-order valence-electron chi connectivity index (χ4n) is 7.15. The van der Waals surface area contributed by atoms with Gasteiger partial charge in [-0.3, -0.25) is 9.59 Å². The largest absolute Gasteiger partial charge is 0.388 e. The van der Waals surface area contributed by atoms with Gasteiger partial charge >= 0.3 is 0 Å². The van der Waals surface area contributed by atoms with Crippen LogP contribution in [-0.4, -0.2) is 39.7 Å². The monoisotopic (exact) mass is 376 g/mol. The van der Waals surface area contributed by atoms with Gasteiger partial charge in [0.25, 0.3) is 0 Å². The van der Waals surface area contributed by atoms with Gasteiger partial charge in [-0.15, -0.1) is 0 Å². The first-order valence-corrected chi connectivity index (χ1v) is 10.0. The first-order chi connectivity index (χ1) is 12.5. The van der Waals surface area contributed by atoms with E-state index in [1.165, 1.54) is 6.08 Å². The number of fused-ring (bicyclic) bond motifs is 5. The molecule has 0 aromatic rings. The summed E-state index contributed by atoms with van der Waals surface area (Å²) in [5, 5.41) is 20.8. The maximum atomic E-state index is 16.7. The average Bonchev–Trinajstić information content (AvgIpc) is 2.84.